The quantitative estimate of drug-likeness (QED) is 0.907. The highest BCUT2D eigenvalue weighted by molar-refractivity contribution is 6.04. The van der Waals surface area contributed by atoms with Gasteiger partial charge in [0, 0.05) is 12.7 Å². The highest BCUT2D eigenvalue weighted by Gasteiger charge is 2.15. The number of aromatic carboxylic acids is 1. The number of benzene rings is 1. The fourth-order valence-corrected chi connectivity index (χ4v) is 2.17. The van der Waals surface area contributed by atoms with Crippen LogP contribution < -0.4 is 5.32 Å². The van der Waals surface area contributed by atoms with Gasteiger partial charge in [-0.25, -0.2) is 4.79 Å². The third kappa shape index (κ3) is 2.94. The number of aryl methyl sites for hydroxylation is 3. The van der Waals surface area contributed by atoms with Crippen LogP contribution in [-0.4, -0.2) is 26.8 Å². The Morgan fingerprint density at radius 1 is 1.19 bits per heavy atom. The molecule has 0 saturated heterocycles. The first-order valence-electron chi connectivity index (χ1n) is 6.46. The van der Waals surface area contributed by atoms with Crippen LogP contribution in [0.25, 0.3) is 0 Å². The number of hydrogen-bond acceptors (Lipinski definition) is 3. The molecule has 0 radical (unpaired) electrons. The van der Waals surface area contributed by atoms with Crippen molar-refractivity contribution < 1.29 is 14.7 Å². The van der Waals surface area contributed by atoms with Crippen molar-refractivity contribution in [3.05, 3.63) is 46.3 Å². The molecule has 0 fully saturated rings. The summed E-state index contributed by atoms with van der Waals surface area (Å²) in [5, 5.41) is 16.0. The molecular weight excluding hydrogens is 270 g/mol. The molecule has 0 spiro atoms. The first-order valence-corrected chi connectivity index (χ1v) is 6.46. The molecule has 0 saturated carbocycles. The van der Waals surface area contributed by atoms with E-state index in [0.29, 0.717) is 16.9 Å². The van der Waals surface area contributed by atoms with Gasteiger partial charge in [-0.15, -0.1) is 0 Å². The molecule has 2 rings (SSSR count). The Hall–Kier alpha value is -2.63. The Balaban J connectivity index is 2.34. The van der Waals surface area contributed by atoms with E-state index in [1.54, 1.807) is 33.0 Å². The number of nitrogens with one attached hydrogen (secondary N) is 1. The van der Waals surface area contributed by atoms with E-state index in [1.807, 2.05) is 6.92 Å². The Bertz CT molecular complexity index is 732. The average molecular weight is 287 g/mol. The molecule has 0 unspecified atom stereocenters. The Morgan fingerprint density at radius 2 is 1.86 bits per heavy atom. The van der Waals surface area contributed by atoms with Gasteiger partial charge in [0.25, 0.3) is 5.91 Å². The van der Waals surface area contributed by atoms with Crippen molar-refractivity contribution in [3.8, 4) is 0 Å². The predicted molar refractivity (Wildman–Crippen MR) is 78.8 cm³/mol. The van der Waals surface area contributed by atoms with Gasteiger partial charge in [-0.05, 0) is 50.1 Å². The Labute approximate surface area is 122 Å². The lowest BCUT2D eigenvalue weighted by Crippen LogP contribution is -2.16. The standard InChI is InChI=1S/C15H17N3O3/c1-8-5-11(7-12(10(8)3)15(20)21)16-14(19)13-6-9(2)17-18(13)4/h5-7H,1-4H3,(H,16,19)(H,20,21). The van der Waals surface area contributed by atoms with E-state index in [2.05, 4.69) is 10.4 Å². The Morgan fingerprint density at radius 3 is 2.38 bits per heavy atom. The van der Waals surface area contributed by atoms with Crippen molar-refractivity contribution >= 4 is 17.6 Å². The first-order chi connectivity index (χ1) is 9.79. The molecular formula is C15H17N3O3. The van der Waals surface area contributed by atoms with Crippen molar-refractivity contribution in [3.63, 3.8) is 0 Å². The Kier molecular flexibility index (Phi) is 3.80. The number of carbonyl (C=O) groups excluding carboxylic acids is 1. The molecule has 2 N–H and O–H groups in total. The summed E-state index contributed by atoms with van der Waals surface area (Å²) >= 11 is 0. The van der Waals surface area contributed by atoms with E-state index in [-0.39, 0.29) is 11.5 Å². The van der Waals surface area contributed by atoms with Crippen LogP contribution in [0.3, 0.4) is 0 Å². The fraction of sp³-hybridized carbons (Fsp3) is 0.267. The van der Waals surface area contributed by atoms with Crippen molar-refractivity contribution in [1.82, 2.24) is 9.78 Å². The van der Waals surface area contributed by atoms with Crippen LogP contribution in [0.5, 0.6) is 0 Å². The molecule has 0 atom stereocenters. The SMILES string of the molecule is Cc1cc(C(=O)Nc2cc(C)c(C)c(C(=O)O)c2)n(C)n1. The highest BCUT2D eigenvalue weighted by atomic mass is 16.4. The molecule has 1 aromatic heterocycles. The van der Waals surface area contributed by atoms with Gasteiger partial charge in [0.1, 0.15) is 5.69 Å². The third-order valence-corrected chi connectivity index (χ3v) is 3.39. The van der Waals surface area contributed by atoms with Crippen LogP contribution in [0.1, 0.15) is 37.7 Å². The van der Waals surface area contributed by atoms with Gasteiger partial charge in [-0.2, -0.15) is 5.10 Å². The number of amides is 1. The van der Waals surface area contributed by atoms with Crippen LogP contribution in [0.2, 0.25) is 0 Å². The summed E-state index contributed by atoms with van der Waals surface area (Å²) in [6, 6.07) is 4.89. The van der Waals surface area contributed by atoms with Gasteiger partial charge >= 0.3 is 5.97 Å². The normalized spacial score (nSPS) is 10.5. The van der Waals surface area contributed by atoms with Gasteiger partial charge in [0.05, 0.1) is 11.3 Å². The van der Waals surface area contributed by atoms with Crippen molar-refractivity contribution in [2.75, 3.05) is 5.32 Å². The molecule has 2 aromatic rings. The van der Waals surface area contributed by atoms with Gasteiger partial charge in [-0.3, -0.25) is 9.48 Å². The van der Waals surface area contributed by atoms with Gasteiger partial charge in [-0.1, -0.05) is 0 Å². The number of anilines is 1. The fourth-order valence-electron chi connectivity index (χ4n) is 2.17. The molecule has 21 heavy (non-hydrogen) atoms. The maximum absolute atomic E-state index is 12.2. The lowest BCUT2D eigenvalue weighted by atomic mass is 10.0. The number of aromatic nitrogens is 2. The molecule has 0 aliphatic carbocycles. The maximum Gasteiger partial charge on any atom is 0.336 e. The second kappa shape index (κ2) is 5.40. The average Bonchev–Trinajstić information content (AvgIpc) is 2.72. The first kappa shape index (κ1) is 14.8. The van der Waals surface area contributed by atoms with Crippen LogP contribution in [0, 0.1) is 20.8 Å². The number of carbonyl (C=O) groups is 2. The highest BCUT2D eigenvalue weighted by Crippen LogP contribution is 2.20. The summed E-state index contributed by atoms with van der Waals surface area (Å²) in [6.07, 6.45) is 0. The lowest BCUT2D eigenvalue weighted by Gasteiger charge is -2.10. The number of carboxylic acids is 1. The van der Waals surface area contributed by atoms with E-state index >= 15 is 0 Å². The second-order valence-corrected chi connectivity index (χ2v) is 5.02. The number of carboxylic acid groups (broad SMARTS) is 1. The molecule has 6 heteroatoms. The lowest BCUT2D eigenvalue weighted by molar-refractivity contribution is 0.0695. The van der Waals surface area contributed by atoms with E-state index in [1.165, 1.54) is 10.7 Å². The van der Waals surface area contributed by atoms with Crippen LogP contribution in [0.4, 0.5) is 5.69 Å². The molecule has 6 nitrogen and oxygen atoms in total. The van der Waals surface area contributed by atoms with Crippen LogP contribution in [-0.2, 0) is 7.05 Å². The minimum absolute atomic E-state index is 0.187. The topological polar surface area (TPSA) is 84.2 Å². The molecule has 1 heterocycles. The van der Waals surface area contributed by atoms with Gasteiger partial charge in [0.15, 0.2) is 0 Å². The van der Waals surface area contributed by atoms with Gasteiger partial charge in [0.2, 0.25) is 0 Å². The molecule has 1 aromatic carbocycles. The van der Waals surface area contributed by atoms with E-state index in [9.17, 15) is 14.7 Å². The zero-order valence-electron chi connectivity index (χ0n) is 12.4. The van der Waals surface area contributed by atoms with Gasteiger partial charge < -0.3 is 10.4 Å². The molecule has 1 amide bonds. The summed E-state index contributed by atoms with van der Waals surface area (Å²) in [5.74, 6) is -1.33. The zero-order chi connectivity index (χ0) is 15.7. The molecule has 0 aliphatic heterocycles. The number of hydrogen-bond donors (Lipinski definition) is 2. The molecule has 110 valence electrons. The zero-order valence-corrected chi connectivity index (χ0v) is 12.4. The predicted octanol–water partition coefficient (Wildman–Crippen LogP) is 2.30. The minimum atomic E-state index is -1.01. The molecule has 0 bridgehead atoms. The number of rotatable bonds is 3. The summed E-state index contributed by atoms with van der Waals surface area (Å²) in [5.41, 5.74) is 3.31. The van der Waals surface area contributed by atoms with E-state index in [0.717, 1.165) is 11.3 Å². The monoisotopic (exact) mass is 287 g/mol. The summed E-state index contributed by atoms with van der Waals surface area (Å²) in [7, 11) is 1.69. The van der Waals surface area contributed by atoms with Crippen LogP contribution in [0.15, 0.2) is 18.2 Å². The number of nitrogens with zero attached hydrogens (tertiary/aromatic N) is 2. The van der Waals surface area contributed by atoms with E-state index < -0.39 is 5.97 Å². The van der Waals surface area contributed by atoms with Crippen molar-refractivity contribution in [1.29, 1.82) is 0 Å². The smallest absolute Gasteiger partial charge is 0.336 e. The maximum atomic E-state index is 12.2. The molecule has 0 aliphatic rings. The second-order valence-electron chi connectivity index (χ2n) is 5.02. The summed E-state index contributed by atoms with van der Waals surface area (Å²) < 4.78 is 1.49. The van der Waals surface area contributed by atoms with Crippen molar-refractivity contribution in [2.24, 2.45) is 7.05 Å². The van der Waals surface area contributed by atoms with Crippen molar-refractivity contribution in [2.45, 2.75) is 20.8 Å². The summed E-state index contributed by atoms with van der Waals surface area (Å²) in [4.78, 5) is 23.4. The largest absolute Gasteiger partial charge is 0.478 e. The van der Waals surface area contributed by atoms with E-state index in [4.69, 9.17) is 0 Å². The third-order valence-electron chi connectivity index (χ3n) is 3.39. The minimum Gasteiger partial charge on any atom is -0.478 e. The van der Waals surface area contributed by atoms with Crippen LogP contribution >= 0.6 is 0 Å². The summed E-state index contributed by atoms with van der Waals surface area (Å²) in [6.45, 7) is 5.36.